The van der Waals surface area contributed by atoms with Crippen LogP contribution in [0.3, 0.4) is 0 Å². The van der Waals surface area contributed by atoms with Gasteiger partial charge in [0, 0.05) is 10.0 Å². The molecule has 1 aliphatic heterocycles. The number of rotatable bonds is 3. The summed E-state index contributed by atoms with van der Waals surface area (Å²) in [5.74, 6) is 0.976. The highest BCUT2D eigenvalue weighted by Crippen LogP contribution is 2.28. The van der Waals surface area contributed by atoms with Gasteiger partial charge in [-0.25, -0.2) is 4.79 Å². The number of carbonyl (C=O) groups excluding carboxylic acids is 1. The average molecular weight is 357 g/mol. The molecule has 1 aliphatic rings. The fourth-order valence-corrected chi connectivity index (χ4v) is 2.39. The van der Waals surface area contributed by atoms with Crippen LogP contribution in [-0.2, 0) is 9.53 Å². The maximum atomic E-state index is 12.0. The molecule has 1 heterocycles. The third-order valence-corrected chi connectivity index (χ3v) is 3.82. The van der Waals surface area contributed by atoms with E-state index in [1.807, 2.05) is 54.6 Å². The lowest BCUT2D eigenvalue weighted by Gasteiger charge is -2.03. The third-order valence-electron chi connectivity index (χ3n) is 3.29. The first-order valence-corrected chi connectivity index (χ1v) is 7.50. The van der Waals surface area contributed by atoms with Gasteiger partial charge in [-0.3, -0.25) is 0 Å². The van der Waals surface area contributed by atoms with Crippen LogP contribution in [0.1, 0.15) is 11.1 Å². The van der Waals surface area contributed by atoms with E-state index < -0.39 is 0 Å². The van der Waals surface area contributed by atoms with Crippen molar-refractivity contribution in [3.8, 4) is 5.75 Å². The highest BCUT2D eigenvalue weighted by Gasteiger charge is 2.21. The molecule has 0 aliphatic carbocycles. The Bertz CT molecular complexity index is 756. The van der Waals surface area contributed by atoms with Crippen molar-refractivity contribution in [2.75, 3.05) is 7.11 Å². The lowest BCUT2D eigenvalue weighted by molar-refractivity contribution is -0.130. The van der Waals surface area contributed by atoms with Crippen molar-refractivity contribution in [1.29, 1.82) is 0 Å². The topological polar surface area (TPSA) is 35.5 Å². The minimum atomic E-state index is -0.339. The monoisotopic (exact) mass is 356 g/mol. The molecular weight excluding hydrogens is 344 g/mol. The van der Waals surface area contributed by atoms with E-state index in [4.69, 9.17) is 9.47 Å². The molecule has 3 nitrogen and oxygen atoms in total. The normalized spacial score (nSPS) is 15.6. The van der Waals surface area contributed by atoms with Crippen molar-refractivity contribution in [1.82, 2.24) is 0 Å². The summed E-state index contributed by atoms with van der Waals surface area (Å²) in [6.07, 6.45) is 3.57. The van der Waals surface area contributed by atoms with Gasteiger partial charge in [0.05, 0.1) is 12.7 Å². The van der Waals surface area contributed by atoms with Gasteiger partial charge in [-0.1, -0.05) is 28.1 Å². The van der Waals surface area contributed by atoms with Crippen LogP contribution in [0.2, 0.25) is 0 Å². The van der Waals surface area contributed by atoms with Crippen LogP contribution in [0.4, 0.5) is 0 Å². The standard InChI is InChI=1S/C18H13BrO3/c1-21-16-8-4-13(5-9-16)17-11-14(18(20)22-17)10-12-2-6-15(19)7-3-12/h2-11H,1H3/b14-10-. The lowest BCUT2D eigenvalue weighted by Crippen LogP contribution is -1.97. The average Bonchev–Trinajstić information content (AvgIpc) is 2.91. The third kappa shape index (κ3) is 3.12. The highest BCUT2D eigenvalue weighted by molar-refractivity contribution is 9.10. The van der Waals surface area contributed by atoms with Gasteiger partial charge in [0.1, 0.15) is 11.5 Å². The molecule has 0 unspecified atom stereocenters. The van der Waals surface area contributed by atoms with Crippen LogP contribution < -0.4 is 4.74 Å². The van der Waals surface area contributed by atoms with Crippen molar-refractivity contribution in [2.45, 2.75) is 0 Å². The molecule has 2 aromatic rings. The first-order valence-electron chi connectivity index (χ1n) is 6.71. The van der Waals surface area contributed by atoms with Gasteiger partial charge in [-0.2, -0.15) is 0 Å². The highest BCUT2D eigenvalue weighted by atomic mass is 79.9. The zero-order chi connectivity index (χ0) is 15.5. The van der Waals surface area contributed by atoms with Gasteiger partial charge >= 0.3 is 5.97 Å². The van der Waals surface area contributed by atoms with Crippen molar-refractivity contribution in [3.63, 3.8) is 0 Å². The van der Waals surface area contributed by atoms with Gasteiger partial charge in [0.25, 0.3) is 0 Å². The number of esters is 1. The second-order valence-electron chi connectivity index (χ2n) is 4.78. The van der Waals surface area contributed by atoms with E-state index >= 15 is 0 Å². The van der Waals surface area contributed by atoms with Gasteiger partial charge in [0.15, 0.2) is 0 Å². The molecular formula is C18H13BrO3. The lowest BCUT2D eigenvalue weighted by atomic mass is 10.1. The second kappa shape index (κ2) is 6.20. The molecule has 0 bridgehead atoms. The molecule has 0 saturated heterocycles. The zero-order valence-corrected chi connectivity index (χ0v) is 13.5. The second-order valence-corrected chi connectivity index (χ2v) is 5.69. The molecule has 0 N–H and O–H groups in total. The smallest absolute Gasteiger partial charge is 0.343 e. The number of halogens is 1. The van der Waals surface area contributed by atoms with E-state index in [1.165, 1.54) is 0 Å². The van der Waals surface area contributed by atoms with Crippen LogP contribution in [0.15, 0.2) is 64.7 Å². The van der Waals surface area contributed by atoms with Crippen molar-refractivity contribution < 1.29 is 14.3 Å². The molecule has 0 aromatic heterocycles. The van der Waals surface area contributed by atoms with Crippen LogP contribution >= 0.6 is 15.9 Å². The van der Waals surface area contributed by atoms with Crippen LogP contribution in [-0.4, -0.2) is 13.1 Å². The zero-order valence-electron chi connectivity index (χ0n) is 11.9. The summed E-state index contributed by atoms with van der Waals surface area (Å²) in [6.45, 7) is 0. The number of carbonyl (C=O) groups is 1. The molecule has 0 spiro atoms. The number of cyclic esters (lactones) is 1. The summed E-state index contributed by atoms with van der Waals surface area (Å²) in [7, 11) is 1.61. The first kappa shape index (κ1) is 14.6. The Kier molecular flexibility index (Phi) is 4.11. The van der Waals surface area contributed by atoms with E-state index in [2.05, 4.69) is 15.9 Å². The van der Waals surface area contributed by atoms with E-state index in [1.54, 1.807) is 13.2 Å². The fraction of sp³-hybridized carbons (Fsp3) is 0.0556. The molecule has 22 heavy (non-hydrogen) atoms. The van der Waals surface area contributed by atoms with E-state index in [9.17, 15) is 4.79 Å². The molecule has 110 valence electrons. The number of hydrogen-bond donors (Lipinski definition) is 0. The van der Waals surface area contributed by atoms with Gasteiger partial charge in [-0.15, -0.1) is 0 Å². The Labute approximate surface area is 137 Å². The van der Waals surface area contributed by atoms with Crippen LogP contribution in [0.25, 0.3) is 11.8 Å². The Morgan fingerprint density at radius 1 is 1.05 bits per heavy atom. The minimum absolute atomic E-state index is 0.339. The maximum absolute atomic E-state index is 12.0. The Morgan fingerprint density at radius 2 is 1.73 bits per heavy atom. The molecule has 0 saturated carbocycles. The van der Waals surface area contributed by atoms with Gasteiger partial charge in [0.2, 0.25) is 0 Å². The summed E-state index contributed by atoms with van der Waals surface area (Å²) in [4.78, 5) is 12.0. The minimum Gasteiger partial charge on any atom is -0.497 e. The number of methoxy groups -OCH3 is 1. The van der Waals surface area contributed by atoms with E-state index in [0.29, 0.717) is 11.3 Å². The van der Waals surface area contributed by atoms with Crippen LogP contribution in [0, 0.1) is 0 Å². The van der Waals surface area contributed by atoms with Crippen molar-refractivity contribution >= 4 is 33.7 Å². The summed E-state index contributed by atoms with van der Waals surface area (Å²) >= 11 is 3.39. The van der Waals surface area contributed by atoms with Crippen molar-refractivity contribution in [3.05, 3.63) is 75.8 Å². The molecule has 0 fully saturated rings. The number of benzene rings is 2. The molecule has 3 rings (SSSR count). The Morgan fingerprint density at radius 3 is 2.36 bits per heavy atom. The van der Waals surface area contributed by atoms with Gasteiger partial charge < -0.3 is 9.47 Å². The van der Waals surface area contributed by atoms with Crippen LogP contribution in [0.5, 0.6) is 5.75 Å². The molecule has 0 amide bonds. The van der Waals surface area contributed by atoms with E-state index in [-0.39, 0.29) is 5.97 Å². The summed E-state index contributed by atoms with van der Waals surface area (Å²) < 4.78 is 11.5. The summed E-state index contributed by atoms with van der Waals surface area (Å²) in [6, 6.07) is 15.1. The van der Waals surface area contributed by atoms with Crippen molar-refractivity contribution in [2.24, 2.45) is 0 Å². The Balaban J connectivity index is 1.88. The predicted molar refractivity (Wildman–Crippen MR) is 89.2 cm³/mol. The summed E-state index contributed by atoms with van der Waals surface area (Å²) in [5, 5.41) is 0. The van der Waals surface area contributed by atoms with Gasteiger partial charge in [-0.05, 0) is 54.1 Å². The molecule has 4 heteroatoms. The fourth-order valence-electron chi connectivity index (χ4n) is 2.13. The quantitative estimate of drug-likeness (QED) is 0.602. The SMILES string of the molecule is COc1ccc(C2=C/C(=C/c3ccc(Br)cc3)C(=O)O2)cc1. The molecule has 2 aromatic carbocycles. The van der Waals surface area contributed by atoms with E-state index in [0.717, 1.165) is 21.3 Å². The maximum Gasteiger partial charge on any atom is 0.343 e. The molecule has 0 atom stereocenters. The molecule has 0 radical (unpaired) electrons. The predicted octanol–water partition coefficient (Wildman–Crippen LogP) is 4.44. The number of ether oxygens (including phenoxy) is 2. The Hall–Kier alpha value is -2.33. The number of hydrogen-bond acceptors (Lipinski definition) is 3. The summed E-state index contributed by atoms with van der Waals surface area (Å²) in [5.41, 5.74) is 2.32. The largest absolute Gasteiger partial charge is 0.497 e. The first-order chi connectivity index (χ1) is 10.7.